The summed E-state index contributed by atoms with van der Waals surface area (Å²) in [5.41, 5.74) is 0. The zero-order valence-corrected chi connectivity index (χ0v) is 31.4. The highest BCUT2D eigenvalue weighted by Gasteiger charge is 2.27. The lowest BCUT2D eigenvalue weighted by Gasteiger charge is -2.20. The molecule has 0 spiro atoms. The molecule has 0 saturated carbocycles. The van der Waals surface area contributed by atoms with E-state index in [9.17, 15) is 24.2 Å². The van der Waals surface area contributed by atoms with E-state index < -0.39 is 51.8 Å². The third kappa shape index (κ3) is 33.2. The number of allylic oxidation sites excluding steroid dienone is 2. The molecule has 0 aromatic rings. The molecule has 0 rings (SSSR count). The van der Waals surface area contributed by atoms with Gasteiger partial charge in [-0.15, -0.1) is 0 Å². The standard InChI is InChI=1S/C37H71O10P/c1-3-5-7-9-11-13-15-17-19-20-22-24-26-28-36(40)44-32-35(33-46-48(42,43)45-31-34(39)30-38)47-37(41)29-27-25-23-21-18-16-14-12-10-8-6-4-2/h8,10,34-35,38-39H,3-7,9,11-33H2,1-2H3,(H,42,43)/b10-8+/t34-,35+/m0/s1. The van der Waals surface area contributed by atoms with Gasteiger partial charge in [-0.1, -0.05) is 142 Å². The molecule has 0 fully saturated rings. The Hall–Kier alpha value is -1.29. The van der Waals surface area contributed by atoms with Crippen molar-refractivity contribution in [1.82, 2.24) is 0 Å². The van der Waals surface area contributed by atoms with Gasteiger partial charge in [0.1, 0.15) is 12.7 Å². The maximum Gasteiger partial charge on any atom is 0.472 e. The van der Waals surface area contributed by atoms with Crippen LogP contribution in [0.5, 0.6) is 0 Å². The van der Waals surface area contributed by atoms with E-state index in [4.69, 9.17) is 19.1 Å². The van der Waals surface area contributed by atoms with E-state index in [0.29, 0.717) is 12.8 Å². The minimum atomic E-state index is -4.60. The first kappa shape index (κ1) is 46.7. The fourth-order valence-corrected chi connectivity index (χ4v) is 5.96. The van der Waals surface area contributed by atoms with Crippen LogP contribution in [0.2, 0.25) is 0 Å². The smallest absolute Gasteiger partial charge is 0.462 e. The molecule has 10 nitrogen and oxygen atoms in total. The molecular weight excluding hydrogens is 635 g/mol. The summed E-state index contributed by atoms with van der Waals surface area (Å²) in [7, 11) is -4.60. The van der Waals surface area contributed by atoms with Crippen LogP contribution in [-0.4, -0.2) is 65.7 Å². The van der Waals surface area contributed by atoms with E-state index in [2.05, 4.69) is 30.5 Å². The van der Waals surface area contributed by atoms with Crippen molar-refractivity contribution in [3.05, 3.63) is 12.2 Å². The summed E-state index contributed by atoms with van der Waals surface area (Å²) in [6, 6.07) is 0. The Balaban J connectivity index is 4.35. The lowest BCUT2D eigenvalue weighted by Crippen LogP contribution is -2.29. The van der Waals surface area contributed by atoms with Gasteiger partial charge in [-0.25, -0.2) is 4.57 Å². The second kappa shape index (κ2) is 34.2. The van der Waals surface area contributed by atoms with Gasteiger partial charge in [0, 0.05) is 12.8 Å². The van der Waals surface area contributed by atoms with Crippen LogP contribution in [-0.2, 0) is 32.7 Å². The fourth-order valence-electron chi connectivity index (χ4n) is 5.17. The number of carbonyl (C=O) groups is 2. The Kier molecular flexibility index (Phi) is 33.3. The van der Waals surface area contributed by atoms with Gasteiger partial charge in [-0.05, 0) is 32.1 Å². The number of hydrogen-bond acceptors (Lipinski definition) is 9. The normalized spacial score (nSPS) is 14.2. The Morgan fingerprint density at radius 3 is 1.58 bits per heavy atom. The quantitative estimate of drug-likeness (QED) is 0.0249. The second-order valence-corrected chi connectivity index (χ2v) is 14.4. The number of aliphatic hydroxyl groups is 2. The lowest BCUT2D eigenvalue weighted by atomic mass is 10.0. The molecule has 3 atom stereocenters. The summed E-state index contributed by atoms with van der Waals surface area (Å²) in [5, 5.41) is 18.3. The molecule has 0 amide bonds. The predicted molar refractivity (Wildman–Crippen MR) is 192 cm³/mol. The molecule has 0 aliphatic carbocycles. The van der Waals surface area contributed by atoms with E-state index >= 15 is 0 Å². The third-order valence-electron chi connectivity index (χ3n) is 8.15. The van der Waals surface area contributed by atoms with Gasteiger partial charge in [-0.3, -0.25) is 18.6 Å². The summed E-state index contributed by atoms with van der Waals surface area (Å²) in [5.74, 6) is -0.926. The van der Waals surface area contributed by atoms with Crippen LogP contribution >= 0.6 is 7.82 Å². The van der Waals surface area contributed by atoms with Crippen molar-refractivity contribution in [2.45, 2.75) is 187 Å². The Bertz CT molecular complexity index is 822. The predicted octanol–water partition coefficient (Wildman–Crippen LogP) is 9.28. The first-order valence-corrected chi connectivity index (χ1v) is 20.6. The summed E-state index contributed by atoms with van der Waals surface area (Å²) in [6.07, 6.45) is 28.9. The minimum Gasteiger partial charge on any atom is -0.462 e. The molecule has 0 saturated heterocycles. The highest BCUT2D eigenvalue weighted by molar-refractivity contribution is 7.47. The van der Waals surface area contributed by atoms with Gasteiger partial charge in [0.2, 0.25) is 0 Å². The van der Waals surface area contributed by atoms with Crippen LogP contribution < -0.4 is 0 Å². The summed E-state index contributed by atoms with van der Waals surface area (Å²) < 4.78 is 32.6. The number of esters is 2. The number of carbonyl (C=O) groups excluding carboxylic acids is 2. The monoisotopic (exact) mass is 706 g/mol. The van der Waals surface area contributed by atoms with Crippen LogP contribution in [0.15, 0.2) is 12.2 Å². The van der Waals surface area contributed by atoms with Gasteiger partial charge in [0.05, 0.1) is 19.8 Å². The van der Waals surface area contributed by atoms with Crippen molar-refractivity contribution in [3.8, 4) is 0 Å². The van der Waals surface area contributed by atoms with E-state index in [1.165, 1.54) is 83.5 Å². The van der Waals surface area contributed by atoms with Crippen LogP contribution in [0.25, 0.3) is 0 Å². The molecule has 1 unspecified atom stereocenters. The van der Waals surface area contributed by atoms with Crippen LogP contribution in [0.1, 0.15) is 174 Å². The third-order valence-corrected chi connectivity index (χ3v) is 9.10. The molecule has 0 radical (unpaired) electrons. The first-order valence-electron chi connectivity index (χ1n) is 19.1. The maximum absolute atomic E-state index is 12.5. The summed E-state index contributed by atoms with van der Waals surface area (Å²) >= 11 is 0. The zero-order chi connectivity index (χ0) is 35.6. The van der Waals surface area contributed by atoms with Gasteiger partial charge < -0.3 is 24.6 Å². The maximum atomic E-state index is 12.5. The fraction of sp³-hybridized carbons (Fsp3) is 0.892. The molecule has 0 aliphatic heterocycles. The number of rotatable bonds is 36. The first-order chi connectivity index (χ1) is 23.2. The van der Waals surface area contributed by atoms with Gasteiger partial charge >= 0.3 is 19.8 Å². The van der Waals surface area contributed by atoms with Gasteiger partial charge in [-0.2, -0.15) is 0 Å². The molecule has 11 heteroatoms. The summed E-state index contributed by atoms with van der Waals surface area (Å²) in [4.78, 5) is 34.8. The topological polar surface area (TPSA) is 149 Å². The van der Waals surface area contributed by atoms with Crippen molar-refractivity contribution in [2.75, 3.05) is 26.4 Å². The number of aliphatic hydroxyl groups excluding tert-OH is 2. The van der Waals surface area contributed by atoms with Gasteiger partial charge in [0.15, 0.2) is 6.10 Å². The molecule has 0 bridgehead atoms. The van der Waals surface area contributed by atoms with E-state index in [0.717, 1.165) is 51.4 Å². The highest BCUT2D eigenvalue weighted by Crippen LogP contribution is 2.43. The lowest BCUT2D eigenvalue weighted by molar-refractivity contribution is -0.161. The number of ether oxygens (including phenoxy) is 2. The van der Waals surface area contributed by atoms with Crippen molar-refractivity contribution < 1.29 is 47.8 Å². The molecule has 0 aromatic carbocycles. The number of unbranched alkanes of at least 4 members (excludes halogenated alkanes) is 20. The average molecular weight is 707 g/mol. The molecule has 3 N–H and O–H groups in total. The van der Waals surface area contributed by atoms with Crippen molar-refractivity contribution in [1.29, 1.82) is 0 Å². The van der Waals surface area contributed by atoms with Crippen molar-refractivity contribution in [3.63, 3.8) is 0 Å². The molecule has 48 heavy (non-hydrogen) atoms. The number of hydrogen-bond donors (Lipinski definition) is 3. The zero-order valence-electron chi connectivity index (χ0n) is 30.5. The van der Waals surface area contributed by atoms with Crippen molar-refractivity contribution in [2.24, 2.45) is 0 Å². The Labute approximate surface area is 292 Å². The van der Waals surface area contributed by atoms with Crippen molar-refractivity contribution >= 4 is 19.8 Å². The Morgan fingerprint density at radius 1 is 0.604 bits per heavy atom. The minimum absolute atomic E-state index is 0.182. The van der Waals surface area contributed by atoms with E-state index in [1.807, 2.05) is 0 Å². The molecular formula is C37H71O10P. The van der Waals surface area contributed by atoms with E-state index in [-0.39, 0.29) is 19.4 Å². The SMILES string of the molecule is CCC/C=C/CCCCCCCCCC(=O)O[C@H](COC(=O)CCCCCCCCCCCCCCC)COP(=O)(O)OC[C@@H](O)CO. The molecule has 0 aliphatic rings. The second-order valence-electron chi connectivity index (χ2n) is 13.0. The largest absolute Gasteiger partial charge is 0.472 e. The molecule has 0 heterocycles. The number of phosphoric acid groups is 1. The molecule has 0 aromatic heterocycles. The van der Waals surface area contributed by atoms with Crippen LogP contribution in [0.3, 0.4) is 0 Å². The van der Waals surface area contributed by atoms with Gasteiger partial charge in [0.25, 0.3) is 0 Å². The Morgan fingerprint density at radius 2 is 1.06 bits per heavy atom. The average Bonchev–Trinajstić information content (AvgIpc) is 3.07. The van der Waals surface area contributed by atoms with Crippen LogP contribution in [0.4, 0.5) is 0 Å². The summed E-state index contributed by atoms with van der Waals surface area (Å²) in [6.45, 7) is 2.32. The number of phosphoric ester groups is 1. The highest BCUT2D eigenvalue weighted by atomic mass is 31.2. The molecule has 284 valence electrons. The van der Waals surface area contributed by atoms with E-state index in [1.54, 1.807) is 0 Å². The van der Waals surface area contributed by atoms with Crippen LogP contribution in [0, 0.1) is 0 Å².